The highest BCUT2D eigenvalue weighted by atomic mass is 16.6. The third-order valence-electron chi connectivity index (χ3n) is 6.46. The van der Waals surface area contributed by atoms with Gasteiger partial charge in [0.1, 0.15) is 11.1 Å². The quantitative estimate of drug-likeness (QED) is 0.345. The number of nitrogens with zero attached hydrogens (tertiary/aromatic N) is 6. The van der Waals surface area contributed by atoms with Gasteiger partial charge in [0.15, 0.2) is 5.82 Å². The molecule has 0 aliphatic carbocycles. The molecule has 0 saturated carbocycles. The van der Waals surface area contributed by atoms with Gasteiger partial charge in [0.2, 0.25) is 5.95 Å². The van der Waals surface area contributed by atoms with Gasteiger partial charge in [-0.05, 0) is 57.5 Å². The fourth-order valence-electron chi connectivity index (χ4n) is 4.55. The zero-order valence-electron chi connectivity index (χ0n) is 23.7. The van der Waals surface area contributed by atoms with Gasteiger partial charge >= 0.3 is 12.2 Å². The van der Waals surface area contributed by atoms with Crippen LogP contribution in [0.4, 0.5) is 15.5 Å². The zero-order chi connectivity index (χ0) is 29.0. The van der Waals surface area contributed by atoms with E-state index in [0.717, 1.165) is 35.5 Å². The van der Waals surface area contributed by atoms with Gasteiger partial charge in [-0.25, -0.2) is 24.5 Å². The van der Waals surface area contributed by atoms with Crippen LogP contribution >= 0.6 is 0 Å². The minimum atomic E-state index is -0.588. The SMILES string of the molecule is CCOC(=O)Nc1nc2c(-c3ncccn3)cc(-c3ccc(CN4CCN(C(=O)OC(C)(C)C)CC4)nc3)cc2[nH]1. The topological polar surface area (TPSA) is 138 Å². The summed E-state index contributed by atoms with van der Waals surface area (Å²) in [6.07, 6.45) is 4.34. The molecule has 2 amide bonds. The van der Waals surface area contributed by atoms with Crippen LogP contribution in [0.1, 0.15) is 33.4 Å². The Bertz CT molecular complexity index is 1510. The van der Waals surface area contributed by atoms with E-state index in [-0.39, 0.29) is 18.6 Å². The molecule has 5 rings (SSSR count). The summed E-state index contributed by atoms with van der Waals surface area (Å²) in [6.45, 7) is 11.0. The molecular weight excluding hydrogens is 524 g/mol. The van der Waals surface area contributed by atoms with Gasteiger partial charge in [0.05, 0.1) is 17.8 Å². The number of fused-ring (bicyclic) bond motifs is 1. The summed E-state index contributed by atoms with van der Waals surface area (Å²) in [5, 5.41) is 2.62. The number of pyridine rings is 1. The van der Waals surface area contributed by atoms with Crippen molar-refractivity contribution < 1.29 is 19.1 Å². The van der Waals surface area contributed by atoms with Crippen LogP contribution in [0.3, 0.4) is 0 Å². The van der Waals surface area contributed by atoms with E-state index in [1.807, 2.05) is 51.2 Å². The van der Waals surface area contributed by atoms with Gasteiger partial charge in [0.25, 0.3) is 0 Å². The predicted molar refractivity (Wildman–Crippen MR) is 154 cm³/mol. The molecule has 1 aromatic carbocycles. The summed E-state index contributed by atoms with van der Waals surface area (Å²) in [5.74, 6) is 0.789. The summed E-state index contributed by atoms with van der Waals surface area (Å²) in [5.41, 5.74) is 4.31. The van der Waals surface area contributed by atoms with E-state index in [4.69, 9.17) is 14.5 Å². The Kier molecular flexibility index (Phi) is 8.11. The van der Waals surface area contributed by atoms with Crippen molar-refractivity contribution in [1.29, 1.82) is 0 Å². The van der Waals surface area contributed by atoms with Gasteiger partial charge in [-0.3, -0.25) is 15.2 Å². The lowest BCUT2D eigenvalue weighted by Crippen LogP contribution is -2.49. The minimum absolute atomic E-state index is 0.255. The van der Waals surface area contributed by atoms with E-state index in [1.165, 1.54) is 0 Å². The van der Waals surface area contributed by atoms with E-state index in [1.54, 1.807) is 30.3 Å². The first-order valence-corrected chi connectivity index (χ1v) is 13.6. The molecule has 12 nitrogen and oxygen atoms in total. The molecule has 0 bridgehead atoms. The van der Waals surface area contributed by atoms with Crippen molar-refractivity contribution in [1.82, 2.24) is 34.7 Å². The molecule has 12 heteroatoms. The number of anilines is 1. The third kappa shape index (κ3) is 6.95. The molecule has 3 aromatic heterocycles. The molecule has 0 spiro atoms. The van der Waals surface area contributed by atoms with Gasteiger partial charge in [0, 0.05) is 62.4 Å². The smallest absolute Gasteiger partial charge is 0.413 e. The molecule has 0 radical (unpaired) electrons. The second-order valence-corrected chi connectivity index (χ2v) is 10.7. The molecule has 1 saturated heterocycles. The van der Waals surface area contributed by atoms with Crippen molar-refractivity contribution in [2.24, 2.45) is 0 Å². The van der Waals surface area contributed by atoms with Gasteiger partial charge in [-0.1, -0.05) is 6.07 Å². The Balaban J connectivity index is 1.32. The van der Waals surface area contributed by atoms with Crippen LogP contribution in [-0.2, 0) is 16.0 Å². The number of imidazole rings is 1. The Hall–Kier alpha value is -4.58. The lowest BCUT2D eigenvalue weighted by molar-refractivity contribution is 0.0138. The van der Waals surface area contributed by atoms with Crippen LogP contribution in [0.5, 0.6) is 0 Å². The first-order valence-electron chi connectivity index (χ1n) is 13.6. The van der Waals surface area contributed by atoms with Crippen LogP contribution in [0, 0.1) is 0 Å². The number of H-pyrrole nitrogens is 1. The second kappa shape index (κ2) is 11.9. The lowest BCUT2D eigenvalue weighted by Gasteiger charge is -2.35. The number of aromatic nitrogens is 5. The van der Waals surface area contributed by atoms with Crippen molar-refractivity contribution in [2.75, 3.05) is 38.1 Å². The maximum atomic E-state index is 12.4. The average Bonchev–Trinajstić information content (AvgIpc) is 3.35. The van der Waals surface area contributed by atoms with E-state index in [2.05, 4.69) is 30.2 Å². The zero-order valence-corrected chi connectivity index (χ0v) is 23.7. The van der Waals surface area contributed by atoms with E-state index >= 15 is 0 Å². The van der Waals surface area contributed by atoms with Crippen molar-refractivity contribution in [3.8, 4) is 22.5 Å². The molecule has 1 fully saturated rings. The van der Waals surface area contributed by atoms with Gasteiger partial charge < -0.3 is 19.4 Å². The van der Waals surface area contributed by atoms with Crippen LogP contribution in [-0.4, -0.2) is 85.3 Å². The van der Waals surface area contributed by atoms with E-state index in [0.29, 0.717) is 36.5 Å². The van der Waals surface area contributed by atoms with Crippen molar-refractivity contribution in [3.63, 3.8) is 0 Å². The van der Waals surface area contributed by atoms with Crippen molar-refractivity contribution in [3.05, 3.63) is 54.6 Å². The van der Waals surface area contributed by atoms with E-state index < -0.39 is 11.7 Å². The summed E-state index contributed by atoms with van der Waals surface area (Å²) in [4.78, 5) is 49.6. The Labute approximate surface area is 238 Å². The number of ether oxygens (including phenoxy) is 2. The van der Waals surface area contributed by atoms with Crippen LogP contribution in [0.15, 0.2) is 48.9 Å². The third-order valence-corrected chi connectivity index (χ3v) is 6.46. The maximum Gasteiger partial charge on any atom is 0.413 e. The highest BCUT2D eigenvalue weighted by molar-refractivity contribution is 5.96. The maximum absolute atomic E-state index is 12.4. The van der Waals surface area contributed by atoms with Gasteiger partial charge in [-0.2, -0.15) is 0 Å². The highest BCUT2D eigenvalue weighted by Crippen LogP contribution is 2.32. The predicted octanol–water partition coefficient (Wildman–Crippen LogP) is 4.70. The number of benzene rings is 1. The average molecular weight is 559 g/mol. The molecule has 0 atom stereocenters. The summed E-state index contributed by atoms with van der Waals surface area (Å²) in [6, 6.07) is 9.73. The molecule has 2 N–H and O–H groups in total. The molecule has 214 valence electrons. The molecule has 4 aromatic rings. The molecule has 1 aliphatic heterocycles. The lowest BCUT2D eigenvalue weighted by atomic mass is 10.0. The number of carbonyl (C=O) groups is 2. The number of nitrogens with one attached hydrogen (secondary N) is 2. The van der Waals surface area contributed by atoms with Crippen molar-refractivity contribution >= 4 is 29.2 Å². The summed E-state index contributed by atoms with van der Waals surface area (Å²) in [7, 11) is 0. The number of piperazine rings is 1. The second-order valence-electron chi connectivity index (χ2n) is 10.7. The Morgan fingerprint density at radius 1 is 1.02 bits per heavy atom. The van der Waals surface area contributed by atoms with Crippen LogP contribution < -0.4 is 5.32 Å². The minimum Gasteiger partial charge on any atom is -0.450 e. The number of rotatable bonds is 6. The fraction of sp³-hybridized carbons (Fsp3) is 0.379. The number of aromatic amines is 1. The molecule has 0 unspecified atom stereocenters. The number of carbonyl (C=O) groups excluding carboxylic acids is 2. The molecule has 1 aliphatic rings. The van der Waals surface area contributed by atoms with Crippen LogP contribution in [0.2, 0.25) is 0 Å². The molecule has 4 heterocycles. The molecular formula is C29H34N8O4. The van der Waals surface area contributed by atoms with E-state index in [9.17, 15) is 9.59 Å². The largest absolute Gasteiger partial charge is 0.450 e. The summed E-state index contributed by atoms with van der Waals surface area (Å²) >= 11 is 0. The standard InChI is InChI=1S/C29H34N8O4/c1-5-40-27(38)35-26-33-23-16-20(15-22(24(23)34-26)25-30-9-6-10-31-25)19-7-8-21(32-17-19)18-36-11-13-37(14-12-36)28(39)41-29(2,3)4/h6-10,15-17H,5,11-14,18H2,1-4H3,(H2,33,34,35,38). The Morgan fingerprint density at radius 2 is 1.78 bits per heavy atom. The monoisotopic (exact) mass is 558 g/mol. The first-order chi connectivity index (χ1) is 19.7. The first kappa shape index (κ1) is 28.0. The number of amides is 2. The van der Waals surface area contributed by atoms with Gasteiger partial charge in [-0.15, -0.1) is 0 Å². The van der Waals surface area contributed by atoms with Crippen LogP contribution in [0.25, 0.3) is 33.5 Å². The number of hydrogen-bond acceptors (Lipinski definition) is 9. The summed E-state index contributed by atoms with van der Waals surface area (Å²) < 4.78 is 10.5. The van der Waals surface area contributed by atoms with Crippen molar-refractivity contribution in [2.45, 2.75) is 39.8 Å². The normalized spacial score (nSPS) is 14.2. The number of hydrogen-bond donors (Lipinski definition) is 2. The molecule has 41 heavy (non-hydrogen) atoms. The fourth-order valence-corrected chi connectivity index (χ4v) is 4.55. The highest BCUT2D eigenvalue weighted by Gasteiger charge is 2.26. The Morgan fingerprint density at radius 3 is 2.44 bits per heavy atom.